The van der Waals surface area contributed by atoms with Crippen LogP contribution in [0.5, 0.6) is 0 Å². The first-order chi connectivity index (χ1) is 7.11. The summed E-state index contributed by atoms with van der Waals surface area (Å²) in [6, 6.07) is 1.86. The van der Waals surface area contributed by atoms with E-state index >= 15 is 0 Å². The Balaban J connectivity index is 4.11. The summed E-state index contributed by atoms with van der Waals surface area (Å²) in [5, 5.41) is 14.2. The van der Waals surface area contributed by atoms with Crippen molar-refractivity contribution < 1.29 is 4.79 Å². The Morgan fingerprint density at radius 3 is 2.73 bits per heavy atom. The van der Waals surface area contributed by atoms with Gasteiger partial charge < -0.3 is 10.6 Å². The number of carbonyl (C=O) groups is 1. The monoisotopic (exact) mass is 229 g/mol. The number of halogens is 1. The Labute approximate surface area is 95.3 Å². The van der Waals surface area contributed by atoms with Gasteiger partial charge in [-0.2, -0.15) is 5.26 Å². The first-order valence-electron chi connectivity index (χ1n) is 4.82. The van der Waals surface area contributed by atoms with E-state index in [4.69, 9.17) is 16.9 Å². The molecule has 0 rings (SSSR count). The van der Waals surface area contributed by atoms with Crippen LogP contribution >= 0.6 is 11.6 Å². The zero-order valence-electron chi connectivity index (χ0n) is 9.01. The molecule has 1 amide bonds. The minimum Gasteiger partial charge on any atom is -0.390 e. The molecule has 0 heterocycles. The highest BCUT2D eigenvalue weighted by molar-refractivity contribution is 6.17. The molecule has 84 valence electrons. The molecule has 0 radical (unpaired) electrons. The first kappa shape index (κ1) is 13.8. The summed E-state index contributed by atoms with van der Waals surface area (Å²) in [5.74, 6) is 0.201. The van der Waals surface area contributed by atoms with Crippen molar-refractivity contribution in [2.24, 2.45) is 0 Å². The van der Waals surface area contributed by atoms with Gasteiger partial charge in [-0.25, -0.2) is 0 Å². The maximum absolute atomic E-state index is 11.4. The molecule has 0 aromatic heterocycles. The fraction of sp³-hybridized carbons (Fsp3) is 0.600. The van der Waals surface area contributed by atoms with Gasteiger partial charge in [0.2, 0.25) is 0 Å². The van der Waals surface area contributed by atoms with E-state index in [1.165, 1.54) is 6.20 Å². The van der Waals surface area contributed by atoms with Crippen molar-refractivity contribution in [2.45, 2.75) is 26.3 Å². The van der Waals surface area contributed by atoms with Gasteiger partial charge in [-0.1, -0.05) is 0 Å². The molecule has 5 heteroatoms. The lowest BCUT2D eigenvalue weighted by molar-refractivity contribution is -0.117. The molecule has 0 aromatic rings. The van der Waals surface area contributed by atoms with Crippen LogP contribution in [0, 0.1) is 11.3 Å². The average molecular weight is 230 g/mol. The lowest BCUT2D eigenvalue weighted by Gasteiger charge is -2.07. The Hall–Kier alpha value is -1.21. The number of rotatable bonds is 6. The van der Waals surface area contributed by atoms with E-state index in [1.54, 1.807) is 0 Å². The van der Waals surface area contributed by atoms with E-state index in [0.717, 1.165) is 6.42 Å². The SMILES string of the molecule is CC(C)NC(=O)/C(C#N)=C\NCCCCl. The largest absolute Gasteiger partial charge is 0.390 e. The molecule has 0 bridgehead atoms. The highest BCUT2D eigenvalue weighted by Crippen LogP contribution is 1.92. The fourth-order valence-corrected chi connectivity index (χ4v) is 0.965. The van der Waals surface area contributed by atoms with E-state index in [9.17, 15) is 4.79 Å². The van der Waals surface area contributed by atoms with Gasteiger partial charge in [0.05, 0.1) is 0 Å². The van der Waals surface area contributed by atoms with Gasteiger partial charge in [0, 0.05) is 24.7 Å². The van der Waals surface area contributed by atoms with Gasteiger partial charge in [-0.3, -0.25) is 4.79 Å². The minimum atomic E-state index is -0.356. The zero-order chi connectivity index (χ0) is 11.7. The molecule has 0 saturated heterocycles. The number of hydrogen-bond acceptors (Lipinski definition) is 3. The molecule has 0 aliphatic carbocycles. The highest BCUT2D eigenvalue weighted by atomic mass is 35.5. The summed E-state index contributed by atoms with van der Waals surface area (Å²) in [6.45, 7) is 4.34. The van der Waals surface area contributed by atoms with Crippen LogP contribution in [-0.4, -0.2) is 24.4 Å². The number of amides is 1. The van der Waals surface area contributed by atoms with Crippen molar-refractivity contribution in [3.8, 4) is 6.07 Å². The molecule has 0 atom stereocenters. The van der Waals surface area contributed by atoms with Gasteiger partial charge in [-0.15, -0.1) is 11.6 Å². The van der Waals surface area contributed by atoms with Crippen LogP contribution in [0.1, 0.15) is 20.3 Å². The number of carbonyl (C=O) groups excluding carboxylic acids is 1. The Kier molecular flexibility index (Phi) is 7.47. The summed E-state index contributed by atoms with van der Waals surface area (Å²) < 4.78 is 0. The molecule has 15 heavy (non-hydrogen) atoms. The molecule has 0 aliphatic heterocycles. The summed E-state index contributed by atoms with van der Waals surface area (Å²) in [4.78, 5) is 11.4. The van der Waals surface area contributed by atoms with Gasteiger partial charge in [0.15, 0.2) is 0 Å². The zero-order valence-corrected chi connectivity index (χ0v) is 9.77. The van der Waals surface area contributed by atoms with Crippen molar-refractivity contribution in [1.82, 2.24) is 10.6 Å². The number of nitrogens with zero attached hydrogens (tertiary/aromatic N) is 1. The third-order valence-electron chi connectivity index (χ3n) is 1.49. The molecule has 4 nitrogen and oxygen atoms in total. The Morgan fingerprint density at radius 1 is 1.60 bits per heavy atom. The number of nitrogens with one attached hydrogen (secondary N) is 2. The number of alkyl halides is 1. The lowest BCUT2D eigenvalue weighted by atomic mass is 10.2. The minimum absolute atomic E-state index is 0.0251. The van der Waals surface area contributed by atoms with Crippen LogP contribution in [0.15, 0.2) is 11.8 Å². The van der Waals surface area contributed by atoms with Crippen LogP contribution in [0.2, 0.25) is 0 Å². The maximum Gasteiger partial charge on any atom is 0.263 e. The third kappa shape index (κ3) is 6.81. The van der Waals surface area contributed by atoms with Crippen LogP contribution in [-0.2, 0) is 4.79 Å². The van der Waals surface area contributed by atoms with Gasteiger partial charge in [-0.05, 0) is 20.3 Å². The van der Waals surface area contributed by atoms with Crippen LogP contribution in [0.4, 0.5) is 0 Å². The molecule has 2 N–H and O–H groups in total. The van der Waals surface area contributed by atoms with Crippen molar-refractivity contribution in [1.29, 1.82) is 5.26 Å². The van der Waals surface area contributed by atoms with E-state index in [-0.39, 0.29) is 17.5 Å². The second-order valence-corrected chi connectivity index (χ2v) is 3.67. The van der Waals surface area contributed by atoms with E-state index in [2.05, 4.69) is 10.6 Å². The fourth-order valence-electron chi connectivity index (χ4n) is 0.832. The molecule has 0 spiro atoms. The second kappa shape index (κ2) is 8.13. The normalized spacial score (nSPS) is 11.0. The van der Waals surface area contributed by atoms with Crippen molar-refractivity contribution in [3.05, 3.63) is 11.8 Å². The van der Waals surface area contributed by atoms with Crippen molar-refractivity contribution in [3.63, 3.8) is 0 Å². The van der Waals surface area contributed by atoms with Gasteiger partial charge >= 0.3 is 0 Å². The maximum atomic E-state index is 11.4. The topological polar surface area (TPSA) is 64.9 Å². The molecule has 0 unspecified atom stereocenters. The molecule has 0 aliphatic rings. The van der Waals surface area contributed by atoms with E-state index in [1.807, 2.05) is 19.9 Å². The lowest BCUT2D eigenvalue weighted by Crippen LogP contribution is -2.31. The predicted molar refractivity (Wildman–Crippen MR) is 60.3 cm³/mol. The summed E-state index contributed by atoms with van der Waals surface area (Å²) in [6.07, 6.45) is 2.22. The summed E-state index contributed by atoms with van der Waals surface area (Å²) in [7, 11) is 0. The van der Waals surface area contributed by atoms with E-state index < -0.39 is 0 Å². The van der Waals surface area contributed by atoms with Crippen molar-refractivity contribution in [2.75, 3.05) is 12.4 Å². The smallest absolute Gasteiger partial charge is 0.263 e. The summed E-state index contributed by atoms with van der Waals surface area (Å²) in [5.41, 5.74) is 0.0817. The standard InChI is InChI=1S/C10H16ClN3O/c1-8(2)14-10(15)9(6-12)7-13-5-3-4-11/h7-8,13H,3-5H2,1-2H3,(H,14,15)/b9-7-. The molecular weight excluding hydrogens is 214 g/mol. The summed E-state index contributed by atoms with van der Waals surface area (Å²) >= 11 is 5.48. The second-order valence-electron chi connectivity index (χ2n) is 3.29. The number of nitriles is 1. The molecule has 0 aromatic carbocycles. The Morgan fingerprint density at radius 2 is 2.27 bits per heavy atom. The average Bonchev–Trinajstić information content (AvgIpc) is 2.16. The molecular formula is C10H16ClN3O. The van der Waals surface area contributed by atoms with E-state index in [0.29, 0.717) is 12.4 Å². The molecule has 0 saturated carbocycles. The quantitative estimate of drug-likeness (QED) is 0.311. The Bertz CT molecular complexity index is 268. The third-order valence-corrected chi connectivity index (χ3v) is 1.75. The van der Waals surface area contributed by atoms with Crippen molar-refractivity contribution >= 4 is 17.5 Å². The van der Waals surface area contributed by atoms with Gasteiger partial charge in [0.1, 0.15) is 11.6 Å². The highest BCUT2D eigenvalue weighted by Gasteiger charge is 2.08. The molecule has 0 fully saturated rings. The number of hydrogen-bond donors (Lipinski definition) is 2. The van der Waals surface area contributed by atoms with Crippen LogP contribution in [0.3, 0.4) is 0 Å². The predicted octanol–water partition coefficient (Wildman–Crippen LogP) is 1.14. The van der Waals surface area contributed by atoms with Gasteiger partial charge in [0.25, 0.3) is 5.91 Å². The van der Waals surface area contributed by atoms with Crippen LogP contribution < -0.4 is 10.6 Å². The first-order valence-corrected chi connectivity index (χ1v) is 5.35. The van der Waals surface area contributed by atoms with Crippen LogP contribution in [0.25, 0.3) is 0 Å².